The summed E-state index contributed by atoms with van der Waals surface area (Å²) in [5, 5.41) is 18.5. The molecule has 0 aromatic rings. The van der Waals surface area contributed by atoms with Crippen LogP contribution >= 0.6 is 0 Å². The van der Waals surface area contributed by atoms with Crippen molar-refractivity contribution in [3.63, 3.8) is 0 Å². The van der Waals surface area contributed by atoms with Gasteiger partial charge in [0, 0.05) is 24.0 Å². The van der Waals surface area contributed by atoms with Crippen LogP contribution in [0.15, 0.2) is 24.3 Å². The SMILES string of the molecule is C=C(C)C(=O)OCCC(CO)OC(CO)CCOC(=O)C(=C)C. The maximum Gasteiger partial charge on any atom is 0.333 e. The smallest absolute Gasteiger partial charge is 0.333 e. The van der Waals surface area contributed by atoms with Crippen LogP contribution in [0.2, 0.25) is 0 Å². The second-order valence-electron chi connectivity index (χ2n) is 5.16. The molecule has 0 aliphatic rings. The van der Waals surface area contributed by atoms with Gasteiger partial charge in [0.15, 0.2) is 0 Å². The molecule has 132 valence electrons. The Labute approximate surface area is 136 Å². The molecule has 0 fully saturated rings. The number of carbonyl (C=O) groups is 2. The van der Waals surface area contributed by atoms with Crippen molar-refractivity contribution >= 4 is 11.9 Å². The summed E-state index contributed by atoms with van der Waals surface area (Å²) in [5.41, 5.74) is 0.582. The highest BCUT2D eigenvalue weighted by Crippen LogP contribution is 2.08. The molecule has 0 aliphatic heterocycles. The minimum Gasteiger partial charge on any atom is -0.462 e. The molecule has 0 rings (SSSR count). The molecule has 0 aromatic carbocycles. The van der Waals surface area contributed by atoms with E-state index >= 15 is 0 Å². The van der Waals surface area contributed by atoms with Crippen LogP contribution in [0.1, 0.15) is 26.7 Å². The monoisotopic (exact) mass is 330 g/mol. The van der Waals surface area contributed by atoms with Crippen molar-refractivity contribution in [3.05, 3.63) is 24.3 Å². The number of aliphatic hydroxyl groups excluding tert-OH is 2. The highest BCUT2D eigenvalue weighted by Gasteiger charge is 2.17. The lowest BCUT2D eigenvalue weighted by atomic mass is 10.2. The van der Waals surface area contributed by atoms with Gasteiger partial charge in [0.2, 0.25) is 0 Å². The molecule has 0 saturated carbocycles. The molecule has 2 unspecified atom stereocenters. The number of ether oxygens (including phenoxy) is 3. The molecular weight excluding hydrogens is 304 g/mol. The van der Waals surface area contributed by atoms with Crippen molar-refractivity contribution in [2.75, 3.05) is 26.4 Å². The Hall–Kier alpha value is -1.70. The van der Waals surface area contributed by atoms with Crippen LogP contribution in [-0.4, -0.2) is 60.8 Å². The van der Waals surface area contributed by atoms with Gasteiger partial charge in [0.1, 0.15) is 0 Å². The van der Waals surface area contributed by atoms with E-state index in [-0.39, 0.29) is 39.3 Å². The van der Waals surface area contributed by atoms with E-state index in [2.05, 4.69) is 13.2 Å². The van der Waals surface area contributed by atoms with Gasteiger partial charge in [-0.05, 0) is 13.8 Å². The van der Waals surface area contributed by atoms with E-state index in [1.54, 1.807) is 0 Å². The molecule has 0 radical (unpaired) electrons. The van der Waals surface area contributed by atoms with E-state index in [4.69, 9.17) is 14.2 Å². The molecule has 0 amide bonds. The summed E-state index contributed by atoms with van der Waals surface area (Å²) < 4.78 is 15.3. The van der Waals surface area contributed by atoms with Crippen molar-refractivity contribution < 1.29 is 34.0 Å². The molecule has 0 aromatic heterocycles. The average molecular weight is 330 g/mol. The maximum atomic E-state index is 11.2. The van der Waals surface area contributed by atoms with Gasteiger partial charge in [-0.3, -0.25) is 0 Å². The van der Waals surface area contributed by atoms with Crippen LogP contribution in [0, 0.1) is 0 Å². The zero-order chi connectivity index (χ0) is 17.8. The van der Waals surface area contributed by atoms with Crippen LogP contribution in [0.3, 0.4) is 0 Å². The molecule has 0 bridgehead atoms. The Morgan fingerprint density at radius 2 is 1.22 bits per heavy atom. The maximum absolute atomic E-state index is 11.2. The van der Waals surface area contributed by atoms with Crippen molar-refractivity contribution in [1.29, 1.82) is 0 Å². The Morgan fingerprint density at radius 3 is 1.48 bits per heavy atom. The molecule has 0 aliphatic carbocycles. The number of rotatable bonds is 12. The van der Waals surface area contributed by atoms with E-state index in [1.165, 1.54) is 13.8 Å². The summed E-state index contributed by atoms with van der Waals surface area (Å²) in [7, 11) is 0. The minimum absolute atomic E-state index is 0.0692. The number of hydrogen-bond donors (Lipinski definition) is 2. The van der Waals surface area contributed by atoms with Crippen molar-refractivity contribution in [2.45, 2.75) is 38.9 Å². The number of esters is 2. The quantitative estimate of drug-likeness (QED) is 0.402. The zero-order valence-corrected chi connectivity index (χ0v) is 13.7. The standard InChI is InChI=1S/C16H26O7/c1-11(2)15(19)21-7-5-13(9-17)23-14(10-18)6-8-22-16(20)12(3)4/h13-14,17-18H,1,3,5-10H2,2,4H3. The van der Waals surface area contributed by atoms with Crippen LogP contribution in [0.4, 0.5) is 0 Å². The summed E-state index contributed by atoms with van der Waals surface area (Å²) >= 11 is 0. The summed E-state index contributed by atoms with van der Waals surface area (Å²) in [5.74, 6) is -1.01. The van der Waals surface area contributed by atoms with Gasteiger partial charge in [-0.25, -0.2) is 9.59 Å². The van der Waals surface area contributed by atoms with Crippen molar-refractivity contribution in [3.8, 4) is 0 Å². The minimum atomic E-state index is -0.595. The first-order valence-corrected chi connectivity index (χ1v) is 7.34. The van der Waals surface area contributed by atoms with E-state index in [0.717, 1.165) is 0 Å². The zero-order valence-electron chi connectivity index (χ0n) is 13.7. The lowest BCUT2D eigenvalue weighted by Crippen LogP contribution is -2.30. The third-order valence-corrected chi connectivity index (χ3v) is 2.84. The summed E-state index contributed by atoms with van der Waals surface area (Å²) in [6.45, 7) is 9.56. The topological polar surface area (TPSA) is 102 Å². The molecule has 7 heteroatoms. The van der Waals surface area contributed by atoms with E-state index in [9.17, 15) is 19.8 Å². The van der Waals surface area contributed by atoms with E-state index < -0.39 is 24.1 Å². The Bertz CT molecular complexity index is 379. The molecule has 23 heavy (non-hydrogen) atoms. The first-order valence-electron chi connectivity index (χ1n) is 7.34. The van der Waals surface area contributed by atoms with Crippen molar-refractivity contribution in [1.82, 2.24) is 0 Å². The second kappa shape index (κ2) is 11.8. The third-order valence-electron chi connectivity index (χ3n) is 2.84. The molecular formula is C16H26O7. The lowest BCUT2D eigenvalue weighted by molar-refractivity contribution is -0.142. The summed E-state index contributed by atoms with van der Waals surface area (Å²) in [4.78, 5) is 22.5. The number of hydrogen-bond acceptors (Lipinski definition) is 7. The van der Waals surface area contributed by atoms with E-state index in [1.807, 2.05) is 0 Å². The molecule has 2 N–H and O–H groups in total. The van der Waals surface area contributed by atoms with Gasteiger partial charge >= 0.3 is 11.9 Å². The number of carbonyl (C=O) groups excluding carboxylic acids is 2. The molecule has 0 spiro atoms. The van der Waals surface area contributed by atoms with Crippen LogP contribution in [-0.2, 0) is 23.8 Å². The van der Waals surface area contributed by atoms with Gasteiger partial charge < -0.3 is 24.4 Å². The molecule has 2 atom stereocenters. The van der Waals surface area contributed by atoms with Crippen molar-refractivity contribution in [2.24, 2.45) is 0 Å². The highest BCUT2D eigenvalue weighted by atomic mass is 16.5. The molecule has 0 heterocycles. The fourth-order valence-electron chi connectivity index (χ4n) is 1.49. The van der Waals surface area contributed by atoms with Crippen LogP contribution in [0.25, 0.3) is 0 Å². The predicted octanol–water partition coefficient (Wildman–Crippen LogP) is 0.744. The summed E-state index contributed by atoms with van der Waals surface area (Å²) in [6, 6.07) is 0. The highest BCUT2D eigenvalue weighted by molar-refractivity contribution is 5.87. The van der Waals surface area contributed by atoms with Crippen LogP contribution < -0.4 is 0 Å². The lowest BCUT2D eigenvalue weighted by Gasteiger charge is -2.22. The molecule has 7 nitrogen and oxygen atoms in total. The van der Waals surface area contributed by atoms with Gasteiger partial charge in [-0.1, -0.05) is 13.2 Å². The number of aliphatic hydroxyl groups is 2. The van der Waals surface area contributed by atoms with Gasteiger partial charge in [-0.2, -0.15) is 0 Å². The fourth-order valence-corrected chi connectivity index (χ4v) is 1.49. The Kier molecular flexibility index (Phi) is 10.9. The van der Waals surface area contributed by atoms with Crippen LogP contribution in [0.5, 0.6) is 0 Å². The predicted molar refractivity (Wildman–Crippen MR) is 83.6 cm³/mol. The first kappa shape index (κ1) is 21.3. The largest absolute Gasteiger partial charge is 0.462 e. The fraction of sp³-hybridized carbons (Fsp3) is 0.625. The Balaban J connectivity index is 4.14. The summed E-state index contributed by atoms with van der Waals surface area (Å²) in [6.07, 6.45) is -0.640. The normalized spacial score (nSPS) is 13.0. The first-order chi connectivity index (χ1) is 10.8. The van der Waals surface area contributed by atoms with Gasteiger partial charge in [0.05, 0.1) is 38.6 Å². The van der Waals surface area contributed by atoms with E-state index in [0.29, 0.717) is 11.1 Å². The molecule has 0 saturated heterocycles. The van der Waals surface area contributed by atoms with Gasteiger partial charge in [-0.15, -0.1) is 0 Å². The van der Waals surface area contributed by atoms with Gasteiger partial charge in [0.25, 0.3) is 0 Å². The second-order valence-corrected chi connectivity index (χ2v) is 5.16. The Morgan fingerprint density at radius 1 is 0.870 bits per heavy atom. The average Bonchev–Trinajstić information content (AvgIpc) is 2.51. The third kappa shape index (κ3) is 9.83.